The molecule has 4 aliphatic rings. The molecule has 18 atom stereocenters. The molecule has 8 heterocycles. The van der Waals surface area contributed by atoms with Crippen molar-refractivity contribution in [2.24, 2.45) is 22.7 Å². The molecule has 4 aliphatic heterocycles. The quantitative estimate of drug-likeness (QED) is 0.00488. The van der Waals surface area contributed by atoms with Crippen molar-refractivity contribution in [2.45, 2.75) is 234 Å². The van der Waals surface area contributed by atoms with E-state index >= 15 is 0 Å². The summed E-state index contributed by atoms with van der Waals surface area (Å²) in [5.74, 6) is -0.149. The Kier molecular flexibility index (Phi) is 56.3. The molecule has 0 amide bonds. The minimum absolute atomic E-state index is 0.0261. The van der Waals surface area contributed by atoms with Crippen LogP contribution in [-0.4, -0.2) is 298 Å². The predicted molar refractivity (Wildman–Crippen MR) is 543 cm³/mol. The average Bonchev–Trinajstić information content (AvgIpc) is 1.63. The van der Waals surface area contributed by atoms with Crippen molar-refractivity contribution < 1.29 is 206 Å². The lowest BCUT2D eigenvalue weighted by molar-refractivity contribution is -0.114. The first-order chi connectivity index (χ1) is 69.7. The third kappa shape index (κ3) is 45.0. The molecule has 4 saturated heterocycles. The summed E-state index contributed by atoms with van der Waals surface area (Å²) in [7, 11) is -17.7. The van der Waals surface area contributed by atoms with Gasteiger partial charge in [0.1, 0.15) is 71.2 Å². The molecule has 70 heteroatoms. The lowest BCUT2D eigenvalue weighted by Crippen LogP contribution is -2.44. The molecule has 0 aliphatic carbocycles. The topological polar surface area (TPSA) is 739 Å². The van der Waals surface area contributed by atoms with E-state index in [0.717, 1.165) is 35.7 Å². The molecule has 4 fully saturated rings. The van der Waals surface area contributed by atoms with Gasteiger partial charge < -0.3 is 78.7 Å². The zero-order valence-corrected chi connectivity index (χ0v) is 95.7. The summed E-state index contributed by atoms with van der Waals surface area (Å²) in [5, 5.41) is 84.6. The average molecular weight is 2410 g/mol. The van der Waals surface area contributed by atoms with E-state index in [0.29, 0.717) is 54.6 Å². The van der Waals surface area contributed by atoms with Crippen LogP contribution in [-0.2, 0) is 156 Å². The van der Waals surface area contributed by atoms with Crippen LogP contribution in [0.1, 0.15) is 162 Å². The summed E-state index contributed by atoms with van der Waals surface area (Å²) in [6, 6.07) is 4.63. The van der Waals surface area contributed by atoms with Gasteiger partial charge in [0.2, 0.25) is 34.0 Å². The SMILES string of the molecule is CC(=O)SOCOP(=O)(OCOSC(C)=O)OC[C@H]1O[C@@H](n2ccc(=O)[nH]c2=S)C(C)(O)[C@H]1O.CC(C)(C)COC(=O)OCOP(=O)(OCOC(=O)OCC(C)(C)C)OC[C@H]1O[C@@H](n2ccc(=O)[nH]c2=S)C(C)(O)[C@H]1O.CC(C)C(=O)SCCOP(=O)(OCOSC(=O)C(C)C)OC[C@H]1O[C@@H](n2ccc(=O)[nH]c2=S)C(C)(O)[C@H]1O.CCC(=O)SCCOP(=O)(OCOSC(=O)CC)OC[C@H]1O[C@@H](n2ccc(=O)[nH]c2=S)C(C)(O)[C@H]1O. The van der Waals surface area contributed by atoms with E-state index in [1.807, 2.05) is 41.5 Å². The van der Waals surface area contributed by atoms with E-state index in [1.165, 1.54) is 96.7 Å². The Hall–Kier alpha value is -5.14. The minimum Gasteiger partial charge on any atom is -0.434 e. The van der Waals surface area contributed by atoms with Gasteiger partial charge in [0.25, 0.3) is 22.2 Å². The molecule has 0 bridgehead atoms. The highest BCUT2D eigenvalue weighted by Crippen LogP contribution is 2.56. The lowest BCUT2D eigenvalue weighted by atomic mass is 9.96. The van der Waals surface area contributed by atoms with Crippen LogP contribution in [0.2, 0.25) is 0 Å². The van der Waals surface area contributed by atoms with E-state index in [-0.39, 0.29) is 107 Å². The number of aliphatic hydroxyl groups is 8. The first kappa shape index (κ1) is 135. The van der Waals surface area contributed by atoms with Crippen molar-refractivity contribution in [1.29, 1.82) is 0 Å². The first-order valence-corrected chi connectivity index (χ1v) is 56.9. The molecule has 8 rings (SSSR count). The number of aliphatic hydroxyl groups excluding tert-OH is 4. The highest BCUT2D eigenvalue weighted by molar-refractivity contribution is 8.14. The van der Waals surface area contributed by atoms with Crippen LogP contribution in [0.15, 0.2) is 68.2 Å². The van der Waals surface area contributed by atoms with E-state index in [9.17, 15) is 117 Å². The lowest BCUT2D eigenvalue weighted by Gasteiger charge is -2.28. The van der Waals surface area contributed by atoms with Gasteiger partial charge in [0, 0.05) is 99.1 Å². The molecule has 0 saturated carbocycles. The second-order valence-electron chi connectivity index (χ2n) is 35.4. The molecule has 4 aromatic heterocycles. The van der Waals surface area contributed by atoms with E-state index in [4.69, 9.17) is 158 Å². The second-order valence-corrected chi connectivity index (χ2v) is 49.4. The molecule has 150 heavy (non-hydrogen) atoms. The number of hydrogen-bond donors (Lipinski definition) is 12. The number of nitrogens with zero attached hydrogens (tertiary/aromatic N) is 4. The van der Waals surface area contributed by atoms with Crippen LogP contribution in [0.5, 0.6) is 0 Å². The number of phosphoric acid groups is 4. The van der Waals surface area contributed by atoms with Crippen molar-refractivity contribution in [2.75, 3.05) is 105 Å². The number of ether oxygens (including phenoxy) is 8. The largest absolute Gasteiger partial charge is 0.510 e. The van der Waals surface area contributed by atoms with Gasteiger partial charge in [-0.1, -0.05) is 107 Å². The summed E-state index contributed by atoms with van der Waals surface area (Å²) in [6.45, 7) is 21.6. The minimum atomic E-state index is -4.68. The highest BCUT2D eigenvalue weighted by Gasteiger charge is 2.58. The fraction of sp³-hybridized carbons (Fsp3) is 0.700. The summed E-state index contributed by atoms with van der Waals surface area (Å²) >= 11 is 24.3. The van der Waals surface area contributed by atoms with Crippen molar-refractivity contribution in [1.82, 2.24) is 38.2 Å². The van der Waals surface area contributed by atoms with Gasteiger partial charge in [-0.25, -0.2) is 36.9 Å². The van der Waals surface area contributed by atoms with Crippen molar-refractivity contribution in [3.63, 3.8) is 0 Å². The van der Waals surface area contributed by atoms with E-state index < -0.39 is 239 Å². The van der Waals surface area contributed by atoms with E-state index in [2.05, 4.69) is 19.9 Å². The number of H-pyrrole nitrogens is 4. The van der Waals surface area contributed by atoms with Gasteiger partial charge in [-0.05, 0) is 87.4 Å². The molecule has 0 radical (unpaired) electrons. The van der Waals surface area contributed by atoms with Crippen LogP contribution >= 0.6 is 152 Å². The first-order valence-electron chi connectivity index (χ1n) is 44.5. The monoisotopic (exact) mass is 2410 g/mol. The van der Waals surface area contributed by atoms with Crippen LogP contribution in [0.4, 0.5) is 9.59 Å². The van der Waals surface area contributed by atoms with Crippen LogP contribution < -0.4 is 22.2 Å². The van der Waals surface area contributed by atoms with Gasteiger partial charge in [-0.2, -0.15) is 0 Å². The number of hydrogen-bond acceptors (Lipinski definition) is 58. The molecular formula is C80H124N8O48P4S10. The third-order valence-electron chi connectivity index (χ3n) is 19.4. The Morgan fingerprint density at radius 2 is 0.640 bits per heavy atom. The number of phosphoric ester groups is 4. The number of thioether (sulfide) groups is 2. The van der Waals surface area contributed by atoms with Crippen LogP contribution in [0.3, 0.4) is 0 Å². The molecular weight excluding hydrogens is 2290 g/mol. The number of aromatic nitrogens is 8. The van der Waals surface area contributed by atoms with Gasteiger partial charge in [0.15, 0.2) is 81.4 Å². The maximum absolute atomic E-state index is 13.3. The molecule has 12 N–H and O–H groups in total. The zero-order valence-electron chi connectivity index (χ0n) is 84.0. The normalized spacial score (nSPS) is 24.6. The zero-order chi connectivity index (χ0) is 113. The fourth-order valence-corrected chi connectivity index (χ4v) is 19.8. The number of nitrogens with one attached hydrogen (secondary N) is 4. The Bertz CT molecular complexity index is 5710. The summed E-state index contributed by atoms with van der Waals surface area (Å²) in [5.41, 5.74) is -10.1. The molecule has 0 aromatic carbocycles. The van der Waals surface area contributed by atoms with Crippen LogP contribution in [0, 0.1) is 41.8 Å². The highest BCUT2D eigenvalue weighted by atomic mass is 32.2. The Morgan fingerprint density at radius 3 is 0.893 bits per heavy atom. The van der Waals surface area contributed by atoms with Crippen molar-refractivity contribution in [3.8, 4) is 0 Å². The van der Waals surface area contributed by atoms with E-state index in [1.54, 1.807) is 41.5 Å². The van der Waals surface area contributed by atoms with Gasteiger partial charge in [-0.3, -0.25) is 148 Å². The Balaban J connectivity index is 0.000000352. The standard InChI is InChI=1S/C24H39N2O14PS.C21H33N2O11PS3.C19H29N2O11PS3.C16H23N2O12PS3/c1-22(2,3)11-33-20(29)35-13-38-41(32,39-14-36-21(30)34-12-23(4,5)6)37-10-15-17(28)24(7,31)18(40-15)26-9-8-16(27)25-19(26)42;1-12(2)17(26)37-9-8-30-35(29,32-11-33-38-18(27)13(3)4)31-10-14-16(25)21(5,28)19(34-14)23-7-6-15(24)22-20(23)36;1-4-14(23)35-9-8-28-33(27,30-11-31-36-15(24)5-2)29-10-12-16(25)19(3,26)17(32-12)21-7-6-13(22)20-18(21)34;1-9(19)33-28-7-26-31(24,27-8-29-34-10(2)20)25-6-11-13(22)16(3,23)14(30-11)18-5-4-12(21)17-15(18)32/h8-9,15,17-18,28,31H,10-14H2,1-7H3,(H,25,27,42);6-7,12-14,16,19,25,28H,8-11H2,1-5H3,(H,22,24,36);6-7,12,16-17,25-26H,4-5,8-11H2,1-3H3,(H,20,22,34);4-5,11,13-14,22-23H,6-8H2,1-3H3,(H,17,21,32)/t15-,17+,18-,24?;14-,16+,19-,21?,35?;12-,16+,17-,19?,33?;11-,13+,14-,16?/m1111/s1. The predicted octanol–water partition coefficient (Wildman–Crippen LogP) is 9.89. The number of carbonyl (C=O) groups is 8. The molecule has 852 valence electrons. The molecule has 56 nitrogen and oxygen atoms in total. The Labute approximate surface area is 904 Å². The van der Waals surface area contributed by atoms with Crippen molar-refractivity contribution >= 4 is 195 Å². The van der Waals surface area contributed by atoms with Gasteiger partial charge >= 0.3 is 43.6 Å². The van der Waals surface area contributed by atoms with Gasteiger partial charge in [-0.15, -0.1) is 0 Å². The third-order valence-corrected chi connectivity index (χ3v) is 30.6. The number of rotatable bonds is 52. The summed E-state index contributed by atoms with van der Waals surface area (Å²) in [4.78, 5) is 147. The maximum Gasteiger partial charge on any atom is 0.510 e. The van der Waals surface area contributed by atoms with Gasteiger partial charge in [0.05, 0.1) is 101 Å². The molecule has 4 aromatic rings. The van der Waals surface area contributed by atoms with Crippen molar-refractivity contribution in [3.05, 3.63) is 110 Å². The number of carbonyl (C=O) groups excluding carboxylic acids is 8. The summed E-state index contributed by atoms with van der Waals surface area (Å²) < 4.78 is 181. The molecule has 0 spiro atoms. The molecule has 6 unspecified atom stereocenters. The number of aromatic amines is 4. The Morgan fingerprint density at radius 1 is 0.387 bits per heavy atom. The summed E-state index contributed by atoms with van der Waals surface area (Å²) in [6.07, 6.45) is -12.7. The smallest absolute Gasteiger partial charge is 0.434 e. The van der Waals surface area contributed by atoms with Crippen LogP contribution in [0.25, 0.3) is 0 Å². The second kappa shape index (κ2) is 62.4. The fourth-order valence-electron chi connectivity index (χ4n) is 11.7. The maximum atomic E-state index is 13.3.